The molecule has 0 unspecified atom stereocenters. The number of likely N-dealkylation sites (tertiary alicyclic amines) is 1. The largest absolute Gasteiger partial charge is 0.466 e. The third kappa shape index (κ3) is 7.37. The highest BCUT2D eigenvalue weighted by molar-refractivity contribution is 5.69. The quantitative estimate of drug-likeness (QED) is 0.483. The molecule has 0 N–H and O–H groups in total. The predicted molar refractivity (Wildman–Crippen MR) is 70.0 cm³/mol. The zero-order chi connectivity index (χ0) is 12.3. The average Bonchev–Trinajstić information content (AvgIpc) is 2.36. The van der Waals surface area contributed by atoms with E-state index in [4.69, 9.17) is 4.74 Å². The molecule has 1 saturated heterocycles. The Labute approximate surface area is 106 Å². The summed E-state index contributed by atoms with van der Waals surface area (Å²) >= 11 is 0. The second kappa shape index (κ2) is 9.46. The third-order valence-electron chi connectivity index (χ3n) is 3.31. The van der Waals surface area contributed by atoms with Crippen LogP contribution in [0.4, 0.5) is 0 Å². The number of hydrogen-bond acceptors (Lipinski definition) is 3. The van der Waals surface area contributed by atoms with Gasteiger partial charge < -0.3 is 9.64 Å². The molecule has 0 spiro atoms. The van der Waals surface area contributed by atoms with Crippen LogP contribution in [0.3, 0.4) is 0 Å². The first-order chi connectivity index (χ1) is 8.33. The van der Waals surface area contributed by atoms with E-state index in [1.54, 1.807) is 0 Å². The number of unbranched alkanes of at least 4 members (excludes halogenated alkanes) is 2. The number of carbonyl (C=O) groups excluding carboxylic acids is 1. The summed E-state index contributed by atoms with van der Waals surface area (Å²) < 4.78 is 5.21. The van der Waals surface area contributed by atoms with Gasteiger partial charge in [-0.25, -0.2) is 0 Å². The van der Waals surface area contributed by atoms with Crippen molar-refractivity contribution in [1.82, 2.24) is 4.90 Å². The molecule has 0 aromatic carbocycles. The molecule has 0 radical (unpaired) electrons. The average molecular weight is 241 g/mol. The van der Waals surface area contributed by atoms with Crippen LogP contribution >= 0.6 is 0 Å². The maximum absolute atomic E-state index is 11.3. The van der Waals surface area contributed by atoms with Crippen molar-refractivity contribution in [1.29, 1.82) is 0 Å². The van der Waals surface area contributed by atoms with Crippen molar-refractivity contribution in [2.45, 2.75) is 58.3 Å². The Hall–Kier alpha value is -0.570. The number of piperidine rings is 1. The Morgan fingerprint density at radius 2 is 1.88 bits per heavy atom. The van der Waals surface area contributed by atoms with Crippen molar-refractivity contribution < 1.29 is 9.53 Å². The monoisotopic (exact) mass is 241 g/mol. The van der Waals surface area contributed by atoms with Crippen LogP contribution in [0, 0.1) is 0 Å². The van der Waals surface area contributed by atoms with Gasteiger partial charge in [-0.15, -0.1) is 0 Å². The fourth-order valence-corrected chi connectivity index (χ4v) is 2.25. The molecule has 3 heteroatoms. The van der Waals surface area contributed by atoms with E-state index >= 15 is 0 Å². The van der Waals surface area contributed by atoms with Crippen LogP contribution in [0.25, 0.3) is 0 Å². The molecule has 0 aromatic heterocycles. The van der Waals surface area contributed by atoms with Crippen molar-refractivity contribution >= 4 is 5.97 Å². The van der Waals surface area contributed by atoms with E-state index in [1.165, 1.54) is 32.4 Å². The molecule has 0 saturated carbocycles. The molecule has 1 aliphatic rings. The molecule has 0 bridgehead atoms. The van der Waals surface area contributed by atoms with Gasteiger partial charge in [0.15, 0.2) is 0 Å². The van der Waals surface area contributed by atoms with Crippen molar-refractivity contribution in [3.8, 4) is 0 Å². The van der Waals surface area contributed by atoms with Gasteiger partial charge in [0.2, 0.25) is 0 Å². The number of carbonyl (C=O) groups is 1. The fourth-order valence-electron chi connectivity index (χ4n) is 2.25. The van der Waals surface area contributed by atoms with E-state index in [1.807, 2.05) is 0 Å². The van der Waals surface area contributed by atoms with Gasteiger partial charge in [0.05, 0.1) is 6.61 Å². The minimum atomic E-state index is -0.0166. The molecule has 0 aliphatic carbocycles. The highest BCUT2D eigenvalue weighted by atomic mass is 16.5. The Bertz CT molecular complexity index is 200. The predicted octanol–water partition coefficient (Wildman–Crippen LogP) is 2.99. The van der Waals surface area contributed by atoms with Crippen LogP contribution in [0.2, 0.25) is 0 Å². The molecule has 17 heavy (non-hydrogen) atoms. The summed E-state index contributed by atoms with van der Waals surface area (Å²) in [6.45, 7) is 6.28. The first-order valence-corrected chi connectivity index (χ1v) is 7.21. The minimum absolute atomic E-state index is 0.0166. The van der Waals surface area contributed by atoms with E-state index in [0.717, 1.165) is 32.2 Å². The first kappa shape index (κ1) is 14.5. The zero-order valence-electron chi connectivity index (χ0n) is 11.2. The van der Waals surface area contributed by atoms with Gasteiger partial charge in [0.25, 0.3) is 0 Å². The fraction of sp³-hybridized carbons (Fsp3) is 0.929. The van der Waals surface area contributed by atoms with E-state index < -0.39 is 0 Å². The van der Waals surface area contributed by atoms with Crippen LogP contribution in [0.5, 0.6) is 0 Å². The van der Waals surface area contributed by atoms with Crippen molar-refractivity contribution in [3.63, 3.8) is 0 Å². The topological polar surface area (TPSA) is 29.5 Å². The minimum Gasteiger partial charge on any atom is -0.466 e. The normalized spacial score (nSPS) is 17.0. The van der Waals surface area contributed by atoms with Crippen molar-refractivity contribution in [2.75, 3.05) is 26.2 Å². The smallest absolute Gasteiger partial charge is 0.305 e. The van der Waals surface area contributed by atoms with Crippen LogP contribution in [-0.2, 0) is 9.53 Å². The molecule has 0 aromatic rings. The van der Waals surface area contributed by atoms with Crippen LogP contribution < -0.4 is 0 Å². The van der Waals surface area contributed by atoms with Gasteiger partial charge in [-0.1, -0.05) is 26.2 Å². The molecule has 1 heterocycles. The van der Waals surface area contributed by atoms with Crippen molar-refractivity contribution in [3.05, 3.63) is 0 Å². The molecule has 1 rings (SSSR count). The Balaban J connectivity index is 1.90. The van der Waals surface area contributed by atoms with Crippen LogP contribution in [0.15, 0.2) is 0 Å². The Morgan fingerprint density at radius 3 is 2.59 bits per heavy atom. The highest BCUT2D eigenvalue weighted by Crippen LogP contribution is 2.08. The summed E-state index contributed by atoms with van der Waals surface area (Å²) in [5.74, 6) is -0.0166. The van der Waals surface area contributed by atoms with Crippen LogP contribution in [-0.4, -0.2) is 37.1 Å². The number of rotatable bonds is 8. The molecule has 3 nitrogen and oxygen atoms in total. The maximum Gasteiger partial charge on any atom is 0.305 e. The van der Waals surface area contributed by atoms with E-state index in [9.17, 15) is 4.79 Å². The zero-order valence-corrected chi connectivity index (χ0v) is 11.2. The lowest BCUT2D eigenvalue weighted by atomic mass is 10.1. The molecule has 0 amide bonds. The second-order valence-electron chi connectivity index (χ2n) is 4.93. The molecule has 1 fully saturated rings. The van der Waals surface area contributed by atoms with Crippen molar-refractivity contribution in [2.24, 2.45) is 0 Å². The van der Waals surface area contributed by atoms with Gasteiger partial charge in [-0.05, 0) is 38.8 Å². The summed E-state index contributed by atoms with van der Waals surface area (Å²) in [5.41, 5.74) is 0. The lowest BCUT2D eigenvalue weighted by Crippen LogP contribution is -2.31. The molecule has 0 atom stereocenters. The Kier molecular flexibility index (Phi) is 8.06. The number of esters is 1. The highest BCUT2D eigenvalue weighted by Gasteiger charge is 2.09. The summed E-state index contributed by atoms with van der Waals surface area (Å²) in [5, 5.41) is 0. The van der Waals surface area contributed by atoms with Crippen LogP contribution in [0.1, 0.15) is 58.3 Å². The summed E-state index contributed by atoms with van der Waals surface area (Å²) in [7, 11) is 0. The van der Waals surface area contributed by atoms with Gasteiger partial charge >= 0.3 is 5.97 Å². The van der Waals surface area contributed by atoms with Gasteiger partial charge in [0, 0.05) is 13.0 Å². The molecule has 100 valence electrons. The van der Waals surface area contributed by atoms with Gasteiger partial charge in [0.1, 0.15) is 0 Å². The lowest BCUT2D eigenvalue weighted by Gasteiger charge is -2.26. The molecular weight excluding hydrogens is 214 g/mol. The summed E-state index contributed by atoms with van der Waals surface area (Å²) in [4.78, 5) is 13.8. The van der Waals surface area contributed by atoms with Gasteiger partial charge in [-0.3, -0.25) is 4.79 Å². The second-order valence-corrected chi connectivity index (χ2v) is 4.93. The molecular formula is C14H27NO2. The lowest BCUT2D eigenvalue weighted by molar-refractivity contribution is -0.144. The summed E-state index contributed by atoms with van der Waals surface area (Å²) in [6, 6.07) is 0. The summed E-state index contributed by atoms with van der Waals surface area (Å²) in [6.07, 6.45) is 8.88. The van der Waals surface area contributed by atoms with E-state index in [0.29, 0.717) is 13.0 Å². The SMILES string of the molecule is CCCCCC(=O)OCCCN1CCCCC1. The standard InChI is InChI=1S/C14H27NO2/c1-2-3-5-9-14(16)17-13-8-12-15-10-6-4-7-11-15/h2-13H2,1H3. The first-order valence-electron chi connectivity index (χ1n) is 7.21. The Morgan fingerprint density at radius 1 is 1.12 bits per heavy atom. The maximum atomic E-state index is 11.3. The van der Waals surface area contributed by atoms with E-state index in [-0.39, 0.29) is 5.97 Å². The van der Waals surface area contributed by atoms with E-state index in [2.05, 4.69) is 11.8 Å². The number of ether oxygens (including phenoxy) is 1. The number of nitrogens with zero attached hydrogens (tertiary/aromatic N) is 1. The van der Waals surface area contributed by atoms with Gasteiger partial charge in [-0.2, -0.15) is 0 Å². The number of hydrogen-bond donors (Lipinski definition) is 0. The third-order valence-corrected chi connectivity index (χ3v) is 3.31. The molecule has 1 aliphatic heterocycles.